The van der Waals surface area contributed by atoms with Gasteiger partial charge in [0, 0.05) is 29.7 Å². The number of rotatable bonds is 7. The summed E-state index contributed by atoms with van der Waals surface area (Å²) in [6.45, 7) is 2.58. The molecule has 6 heteroatoms. The number of nitrogens with one attached hydrogen (secondary N) is 2. The Kier molecular flexibility index (Phi) is 7.29. The molecule has 0 heterocycles. The van der Waals surface area contributed by atoms with E-state index < -0.39 is 0 Å². The molecule has 25 heavy (non-hydrogen) atoms. The number of anilines is 1. The zero-order chi connectivity index (χ0) is 18.1. The lowest BCUT2D eigenvalue weighted by atomic mass is 10.1. The second-order valence-corrected chi connectivity index (χ2v) is 5.95. The molecular formula is C19H21ClN2O3. The number of esters is 1. The quantitative estimate of drug-likeness (QED) is 0.567. The van der Waals surface area contributed by atoms with Crippen LogP contribution in [0.15, 0.2) is 48.5 Å². The fraction of sp³-hybridized carbons (Fsp3) is 0.263. The summed E-state index contributed by atoms with van der Waals surface area (Å²) in [5.74, 6) is 0.0666. The Morgan fingerprint density at radius 2 is 1.88 bits per heavy atom. The normalized spacial score (nSPS) is 10.2. The molecule has 0 unspecified atom stereocenters. The number of carbonyl (C=O) groups excluding carboxylic acids is 2. The number of urea groups is 1. The smallest absolute Gasteiger partial charge is 0.319 e. The number of hydrogen-bond donors (Lipinski definition) is 2. The van der Waals surface area contributed by atoms with Crippen molar-refractivity contribution in [1.82, 2.24) is 5.32 Å². The molecule has 2 N–H and O–H groups in total. The van der Waals surface area contributed by atoms with E-state index in [1.807, 2.05) is 19.1 Å². The SMILES string of the molecule is CCCNC(=O)Nc1cccc(OC(=O)CCc2ccc(Cl)cc2)c1. The van der Waals surface area contributed by atoms with Gasteiger partial charge in [0.15, 0.2) is 0 Å². The van der Waals surface area contributed by atoms with Crippen LogP contribution in [-0.4, -0.2) is 18.5 Å². The highest BCUT2D eigenvalue weighted by molar-refractivity contribution is 6.30. The maximum atomic E-state index is 12.0. The van der Waals surface area contributed by atoms with E-state index in [0.29, 0.717) is 29.4 Å². The van der Waals surface area contributed by atoms with E-state index in [4.69, 9.17) is 16.3 Å². The first kappa shape index (κ1) is 18.8. The van der Waals surface area contributed by atoms with Crippen molar-refractivity contribution in [2.24, 2.45) is 0 Å². The second-order valence-electron chi connectivity index (χ2n) is 5.51. The van der Waals surface area contributed by atoms with Crippen LogP contribution in [0.5, 0.6) is 5.75 Å². The molecule has 0 saturated heterocycles. The molecule has 2 rings (SSSR count). The minimum absolute atomic E-state index is 0.260. The fourth-order valence-electron chi connectivity index (χ4n) is 2.13. The molecule has 0 fully saturated rings. The molecule has 0 aliphatic carbocycles. The summed E-state index contributed by atoms with van der Waals surface area (Å²) in [4.78, 5) is 23.6. The molecule has 2 aromatic rings. The highest BCUT2D eigenvalue weighted by Gasteiger charge is 2.07. The lowest BCUT2D eigenvalue weighted by Gasteiger charge is -2.09. The molecule has 0 aliphatic rings. The molecule has 2 amide bonds. The second kappa shape index (κ2) is 9.69. The first-order valence-corrected chi connectivity index (χ1v) is 8.54. The average Bonchev–Trinajstić information content (AvgIpc) is 2.60. The van der Waals surface area contributed by atoms with E-state index in [0.717, 1.165) is 12.0 Å². The van der Waals surface area contributed by atoms with Gasteiger partial charge in [-0.2, -0.15) is 0 Å². The molecule has 0 radical (unpaired) electrons. The van der Waals surface area contributed by atoms with Crippen LogP contribution >= 0.6 is 11.6 Å². The van der Waals surface area contributed by atoms with Crippen molar-refractivity contribution in [3.8, 4) is 5.75 Å². The average molecular weight is 361 g/mol. The van der Waals surface area contributed by atoms with Crippen molar-refractivity contribution in [2.45, 2.75) is 26.2 Å². The van der Waals surface area contributed by atoms with E-state index in [2.05, 4.69) is 10.6 Å². The summed E-state index contributed by atoms with van der Waals surface area (Å²) in [5.41, 5.74) is 1.58. The minimum atomic E-state index is -0.331. The predicted octanol–water partition coefficient (Wildman–Crippen LogP) is 4.41. The fourth-order valence-corrected chi connectivity index (χ4v) is 2.26. The highest BCUT2D eigenvalue weighted by Crippen LogP contribution is 2.18. The van der Waals surface area contributed by atoms with Crippen LogP contribution in [0.4, 0.5) is 10.5 Å². The van der Waals surface area contributed by atoms with Gasteiger partial charge >= 0.3 is 12.0 Å². The highest BCUT2D eigenvalue weighted by atomic mass is 35.5. The van der Waals surface area contributed by atoms with E-state index in [1.54, 1.807) is 36.4 Å². The molecule has 0 aliphatic heterocycles. The first-order valence-electron chi connectivity index (χ1n) is 8.17. The van der Waals surface area contributed by atoms with Gasteiger partial charge in [0.1, 0.15) is 5.75 Å². The Morgan fingerprint density at radius 1 is 1.12 bits per heavy atom. The van der Waals surface area contributed by atoms with E-state index in [-0.39, 0.29) is 18.4 Å². The van der Waals surface area contributed by atoms with Crippen LogP contribution in [0.25, 0.3) is 0 Å². The third-order valence-electron chi connectivity index (χ3n) is 3.39. The van der Waals surface area contributed by atoms with Gasteiger partial charge in [0.2, 0.25) is 0 Å². The van der Waals surface area contributed by atoms with Gasteiger partial charge in [-0.3, -0.25) is 4.79 Å². The third kappa shape index (κ3) is 6.85. The molecule has 5 nitrogen and oxygen atoms in total. The number of ether oxygens (including phenoxy) is 1. The number of amides is 2. The standard InChI is InChI=1S/C19H21ClN2O3/c1-2-12-21-19(24)22-16-4-3-5-17(13-16)25-18(23)11-8-14-6-9-15(20)10-7-14/h3-7,9-10,13H,2,8,11-12H2,1H3,(H2,21,22,24). The van der Waals surface area contributed by atoms with Crippen LogP contribution < -0.4 is 15.4 Å². The molecule has 0 saturated carbocycles. The van der Waals surface area contributed by atoms with Crippen LogP contribution in [-0.2, 0) is 11.2 Å². The number of hydrogen-bond acceptors (Lipinski definition) is 3. The molecular weight excluding hydrogens is 340 g/mol. The monoisotopic (exact) mass is 360 g/mol. The van der Waals surface area contributed by atoms with Crippen molar-refractivity contribution in [2.75, 3.05) is 11.9 Å². The summed E-state index contributed by atoms with van der Waals surface area (Å²) in [7, 11) is 0. The minimum Gasteiger partial charge on any atom is -0.426 e. The van der Waals surface area contributed by atoms with Gasteiger partial charge in [0.25, 0.3) is 0 Å². The van der Waals surface area contributed by atoms with Crippen molar-refractivity contribution < 1.29 is 14.3 Å². The third-order valence-corrected chi connectivity index (χ3v) is 3.64. The zero-order valence-electron chi connectivity index (χ0n) is 14.0. The maximum absolute atomic E-state index is 12.0. The van der Waals surface area contributed by atoms with Gasteiger partial charge in [-0.25, -0.2) is 4.79 Å². The molecule has 0 aromatic heterocycles. The maximum Gasteiger partial charge on any atom is 0.319 e. The van der Waals surface area contributed by atoms with Crippen molar-refractivity contribution in [1.29, 1.82) is 0 Å². The molecule has 132 valence electrons. The number of halogens is 1. The summed E-state index contributed by atoms with van der Waals surface area (Å²) < 4.78 is 5.33. The van der Waals surface area contributed by atoms with Crippen LogP contribution in [0.3, 0.4) is 0 Å². The summed E-state index contributed by atoms with van der Waals surface area (Å²) in [6, 6.07) is 13.8. The Labute approximate surface area is 152 Å². The zero-order valence-corrected chi connectivity index (χ0v) is 14.8. The Morgan fingerprint density at radius 3 is 2.60 bits per heavy atom. The van der Waals surface area contributed by atoms with Gasteiger partial charge < -0.3 is 15.4 Å². The van der Waals surface area contributed by atoms with Gasteiger partial charge in [-0.05, 0) is 42.7 Å². The number of carbonyl (C=O) groups is 2. The van der Waals surface area contributed by atoms with Crippen molar-refractivity contribution in [3.63, 3.8) is 0 Å². The lowest BCUT2D eigenvalue weighted by Crippen LogP contribution is -2.29. The van der Waals surface area contributed by atoms with Crippen molar-refractivity contribution >= 4 is 29.3 Å². The molecule has 2 aromatic carbocycles. The Bertz CT molecular complexity index is 717. The molecule has 0 spiro atoms. The van der Waals surface area contributed by atoms with E-state index >= 15 is 0 Å². The first-order chi connectivity index (χ1) is 12.1. The Hall–Kier alpha value is -2.53. The Balaban J connectivity index is 1.84. The lowest BCUT2D eigenvalue weighted by molar-refractivity contribution is -0.134. The number of aryl methyl sites for hydroxylation is 1. The van der Waals surface area contributed by atoms with E-state index in [1.165, 1.54) is 0 Å². The van der Waals surface area contributed by atoms with Gasteiger partial charge in [-0.15, -0.1) is 0 Å². The van der Waals surface area contributed by atoms with Crippen LogP contribution in [0.1, 0.15) is 25.3 Å². The summed E-state index contributed by atoms with van der Waals surface area (Å²) >= 11 is 5.83. The van der Waals surface area contributed by atoms with Crippen LogP contribution in [0.2, 0.25) is 5.02 Å². The van der Waals surface area contributed by atoms with E-state index in [9.17, 15) is 9.59 Å². The van der Waals surface area contributed by atoms with Crippen LogP contribution in [0, 0.1) is 0 Å². The van der Waals surface area contributed by atoms with Crippen molar-refractivity contribution in [3.05, 3.63) is 59.1 Å². The van der Waals surface area contributed by atoms with Gasteiger partial charge in [-0.1, -0.05) is 36.7 Å². The molecule has 0 bridgehead atoms. The van der Waals surface area contributed by atoms with Gasteiger partial charge in [0.05, 0.1) is 0 Å². The molecule has 0 atom stereocenters. The largest absolute Gasteiger partial charge is 0.426 e. The summed E-state index contributed by atoms with van der Waals surface area (Å²) in [6.07, 6.45) is 1.70. The number of benzene rings is 2. The predicted molar refractivity (Wildman–Crippen MR) is 99.2 cm³/mol. The topological polar surface area (TPSA) is 67.4 Å². The summed E-state index contributed by atoms with van der Waals surface area (Å²) in [5, 5.41) is 6.08.